The third kappa shape index (κ3) is 1.35. The molecule has 2 N–H and O–H groups in total. The van der Waals surface area contributed by atoms with Gasteiger partial charge in [0.1, 0.15) is 6.04 Å². The lowest BCUT2D eigenvalue weighted by molar-refractivity contribution is -0.142. The van der Waals surface area contributed by atoms with Crippen LogP contribution in [0.25, 0.3) is 0 Å². The van der Waals surface area contributed by atoms with E-state index in [4.69, 9.17) is 0 Å². The number of carbonyl (C=O) groups is 1. The predicted octanol–water partition coefficient (Wildman–Crippen LogP) is 1.49. The molecule has 4 unspecified atom stereocenters. The van der Waals surface area contributed by atoms with Crippen LogP contribution in [0.2, 0.25) is 0 Å². The lowest BCUT2D eigenvalue weighted by Crippen LogP contribution is -2.55. The van der Waals surface area contributed by atoms with Crippen LogP contribution in [-0.4, -0.2) is 23.2 Å². The van der Waals surface area contributed by atoms with Gasteiger partial charge < -0.3 is 5.11 Å². The monoisotopic (exact) mass is 217 g/mol. The summed E-state index contributed by atoms with van der Waals surface area (Å²) in [5.74, 6) is -0.184. The van der Waals surface area contributed by atoms with E-state index in [1.54, 1.807) is 0 Å². The second kappa shape index (κ2) is 3.59. The second-order valence-corrected chi connectivity index (χ2v) is 4.72. The number of carboxylic acid groups (broad SMARTS) is 1. The molecule has 3 aliphatic rings. The Morgan fingerprint density at radius 1 is 1.38 bits per heavy atom. The smallest absolute Gasteiger partial charge is 0.321 e. The summed E-state index contributed by atoms with van der Waals surface area (Å²) in [6.07, 6.45) is 12.4. The van der Waals surface area contributed by atoms with Crippen molar-refractivity contribution < 1.29 is 9.90 Å². The van der Waals surface area contributed by atoms with Crippen LogP contribution < -0.4 is 5.32 Å². The topological polar surface area (TPSA) is 49.3 Å². The number of piperidine rings is 1. The molecule has 84 valence electrons. The Labute approximate surface area is 94.5 Å². The van der Waals surface area contributed by atoms with Gasteiger partial charge in [-0.2, -0.15) is 0 Å². The zero-order chi connectivity index (χ0) is 11.1. The van der Waals surface area contributed by atoms with Crippen molar-refractivity contribution in [1.82, 2.24) is 5.32 Å². The molecule has 4 atom stereocenters. The molecular weight excluding hydrogens is 202 g/mol. The van der Waals surface area contributed by atoms with Gasteiger partial charge in [0.2, 0.25) is 0 Å². The summed E-state index contributed by atoms with van der Waals surface area (Å²) in [5.41, 5.74) is 1.36. The quantitative estimate of drug-likeness (QED) is 0.654. The standard InChI is InChI=1S/C13H15NO2/c15-13(16)12-10-6-3-5-8(10)9-4-1-2-7-11(9)14-12/h1-5,8,10-12,14H,6-7H2,(H,15,16). The summed E-state index contributed by atoms with van der Waals surface area (Å²) in [7, 11) is 0. The van der Waals surface area contributed by atoms with Gasteiger partial charge >= 0.3 is 5.97 Å². The molecule has 0 bridgehead atoms. The molecule has 1 heterocycles. The fraction of sp³-hybridized carbons (Fsp3) is 0.462. The van der Waals surface area contributed by atoms with Crippen molar-refractivity contribution in [3.8, 4) is 0 Å². The molecule has 0 radical (unpaired) electrons. The van der Waals surface area contributed by atoms with E-state index < -0.39 is 12.0 Å². The largest absolute Gasteiger partial charge is 0.480 e. The van der Waals surface area contributed by atoms with Crippen LogP contribution in [0.4, 0.5) is 0 Å². The lowest BCUT2D eigenvalue weighted by atomic mass is 9.74. The van der Waals surface area contributed by atoms with Gasteiger partial charge in [-0.3, -0.25) is 10.1 Å². The SMILES string of the molecule is O=C(O)C1NC2CC=CC=C2C2C=CCC21. The number of fused-ring (bicyclic) bond motifs is 3. The van der Waals surface area contributed by atoms with Crippen LogP contribution in [0, 0.1) is 11.8 Å². The third-order valence-electron chi connectivity index (χ3n) is 3.87. The number of rotatable bonds is 1. The average molecular weight is 217 g/mol. The van der Waals surface area contributed by atoms with Crippen molar-refractivity contribution in [2.75, 3.05) is 0 Å². The van der Waals surface area contributed by atoms with Crippen LogP contribution >= 0.6 is 0 Å². The number of hydrogen-bond donors (Lipinski definition) is 2. The van der Waals surface area contributed by atoms with Crippen LogP contribution in [0.5, 0.6) is 0 Å². The first-order valence-corrected chi connectivity index (χ1v) is 5.79. The van der Waals surface area contributed by atoms with Gasteiger partial charge in [-0.1, -0.05) is 30.4 Å². The molecule has 1 aliphatic heterocycles. The van der Waals surface area contributed by atoms with Crippen molar-refractivity contribution in [3.63, 3.8) is 0 Å². The van der Waals surface area contributed by atoms with E-state index in [1.165, 1.54) is 5.57 Å². The van der Waals surface area contributed by atoms with E-state index in [-0.39, 0.29) is 12.0 Å². The van der Waals surface area contributed by atoms with Crippen molar-refractivity contribution in [2.24, 2.45) is 11.8 Å². The lowest BCUT2D eigenvalue weighted by Gasteiger charge is -2.40. The Hall–Kier alpha value is -1.35. The predicted molar refractivity (Wildman–Crippen MR) is 60.9 cm³/mol. The summed E-state index contributed by atoms with van der Waals surface area (Å²) >= 11 is 0. The van der Waals surface area contributed by atoms with E-state index in [0.717, 1.165) is 12.8 Å². The summed E-state index contributed by atoms with van der Waals surface area (Å²) in [4.78, 5) is 11.2. The maximum absolute atomic E-state index is 11.2. The summed E-state index contributed by atoms with van der Waals surface area (Å²) in [5, 5.41) is 12.5. The van der Waals surface area contributed by atoms with Crippen molar-refractivity contribution in [2.45, 2.75) is 24.9 Å². The van der Waals surface area contributed by atoms with Crippen molar-refractivity contribution in [1.29, 1.82) is 0 Å². The average Bonchev–Trinajstić information content (AvgIpc) is 2.76. The van der Waals surface area contributed by atoms with E-state index in [0.29, 0.717) is 5.92 Å². The molecule has 0 amide bonds. The first-order valence-electron chi connectivity index (χ1n) is 5.79. The number of hydrogen-bond acceptors (Lipinski definition) is 2. The molecule has 1 saturated heterocycles. The molecule has 0 saturated carbocycles. The summed E-state index contributed by atoms with van der Waals surface area (Å²) < 4.78 is 0. The van der Waals surface area contributed by atoms with E-state index in [1.807, 2.05) is 0 Å². The molecule has 1 fully saturated rings. The van der Waals surface area contributed by atoms with E-state index >= 15 is 0 Å². The van der Waals surface area contributed by atoms with Gasteiger partial charge in [0.15, 0.2) is 0 Å². The summed E-state index contributed by atoms with van der Waals surface area (Å²) in [6.45, 7) is 0. The second-order valence-electron chi connectivity index (χ2n) is 4.72. The highest BCUT2D eigenvalue weighted by molar-refractivity contribution is 5.75. The molecule has 3 heteroatoms. The first-order chi connectivity index (χ1) is 7.77. The molecule has 2 aliphatic carbocycles. The minimum absolute atomic E-state index is 0.200. The Bertz CT molecular complexity index is 408. The maximum atomic E-state index is 11.2. The highest BCUT2D eigenvalue weighted by atomic mass is 16.4. The van der Waals surface area contributed by atoms with E-state index in [9.17, 15) is 9.90 Å². The molecule has 16 heavy (non-hydrogen) atoms. The Kier molecular flexibility index (Phi) is 2.21. The summed E-state index contributed by atoms with van der Waals surface area (Å²) in [6, 6.07) is -0.177. The third-order valence-corrected chi connectivity index (χ3v) is 3.87. The van der Waals surface area contributed by atoms with Crippen LogP contribution in [0.1, 0.15) is 12.8 Å². The number of allylic oxidation sites excluding steroid dienone is 4. The molecule has 0 spiro atoms. The minimum atomic E-state index is -0.715. The molecule has 3 rings (SSSR count). The van der Waals surface area contributed by atoms with Crippen LogP contribution in [-0.2, 0) is 4.79 Å². The molecule has 0 aromatic heterocycles. The van der Waals surface area contributed by atoms with Gasteiger partial charge in [0, 0.05) is 12.0 Å². The Balaban J connectivity index is 1.95. The fourth-order valence-electron chi connectivity index (χ4n) is 3.12. The Morgan fingerprint density at radius 2 is 2.25 bits per heavy atom. The number of aliphatic carboxylic acids is 1. The number of nitrogens with one attached hydrogen (secondary N) is 1. The first kappa shape index (κ1) is 9.85. The van der Waals surface area contributed by atoms with Gasteiger partial charge in [0.05, 0.1) is 0 Å². The normalized spacial score (nSPS) is 40.1. The Morgan fingerprint density at radius 3 is 3.06 bits per heavy atom. The zero-order valence-corrected chi connectivity index (χ0v) is 8.97. The van der Waals surface area contributed by atoms with Crippen LogP contribution in [0.15, 0.2) is 36.0 Å². The molecular formula is C13H15NO2. The van der Waals surface area contributed by atoms with Gasteiger partial charge in [-0.15, -0.1) is 0 Å². The molecule has 3 nitrogen and oxygen atoms in total. The zero-order valence-electron chi connectivity index (χ0n) is 8.97. The number of carboxylic acids is 1. The van der Waals surface area contributed by atoms with Crippen molar-refractivity contribution in [3.05, 3.63) is 36.0 Å². The van der Waals surface area contributed by atoms with Gasteiger partial charge in [-0.25, -0.2) is 0 Å². The highest BCUT2D eigenvalue weighted by Crippen LogP contribution is 2.40. The highest BCUT2D eigenvalue weighted by Gasteiger charge is 2.43. The van der Waals surface area contributed by atoms with Gasteiger partial charge in [0.25, 0.3) is 0 Å². The van der Waals surface area contributed by atoms with Crippen molar-refractivity contribution >= 4 is 5.97 Å². The molecule has 0 aromatic rings. The van der Waals surface area contributed by atoms with Gasteiger partial charge in [-0.05, 0) is 24.3 Å². The maximum Gasteiger partial charge on any atom is 0.321 e. The van der Waals surface area contributed by atoms with E-state index in [2.05, 4.69) is 35.7 Å². The fourth-order valence-corrected chi connectivity index (χ4v) is 3.12. The molecule has 0 aromatic carbocycles. The minimum Gasteiger partial charge on any atom is -0.480 e. The van der Waals surface area contributed by atoms with Crippen LogP contribution in [0.3, 0.4) is 0 Å².